The van der Waals surface area contributed by atoms with Gasteiger partial charge in [-0.25, -0.2) is 4.98 Å². The van der Waals surface area contributed by atoms with Crippen molar-refractivity contribution in [1.82, 2.24) is 9.88 Å². The van der Waals surface area contributed by atoms with Crippen molar-refractivity contribution in [3.63, 3.8) is 0 Å². The molecule has 0 bridgehead atoms. The summed E-state index contributed by atoms with van der Waals surface area (Å²) in [4.78, 5) is 18.9. The number of rotatable bonds is 2. The van der Waals surface area contributed by atoms with Crippen molar-refractivity contribution >= 4 is 11.7 Å². The molecule has 20 heavy (non-hydrogen) atoms. The van der Waals surface area contributed by atoms with Gasteiger partial charge in [-0.05, 0) is 36.3 Å². The highest BCUT2D eigenvalue weighted by atomic mass is 16.2. The number of nitrogen functional groups attached to an aromatic ring is 1. The summed E-state index contributed by atoms with van der Waals surface area (Å²) >= 11 is 0. The second-order valence-electron chi connectivity index (χ2n) is 6.85. The van der Waals surface area contributed by atoms with Crippen molar-refractivity contribution < 1.29 is 4.79 Å². The van der Waals surface area contributed by atoms with Crippen molar-refractivity contribution in [2.24, 2.45) is 5.41 Å². The van der Waals surface area contributed by atoms with E-state index in [1.54, 1.807) is 6.07 Å². The molecule has 2 heterocycles. The largest absolute Gasteiger partial charge is 0.384 e. The van der Waals surface area contributed by atoms with Gasteiger partial charge >= 0.3 is 0 Å². The van der Waals surface area contributed by atoms with Crippen LogP contribution in [0.2, 0.25) is 0 Å². The van der Waals surface area contributed by atoms with Gasteiger partial charge < -0.3 is 10.6 Å². The van der Waals surface area contributed by atoms with E-state index in [0.29, 0.717) is 11.4 Å². The third-order valence-corrected chi connectivity index (χ3v) is 3.89. The van der Waals surface area contributed by atoms with Crippen LogP contribution in [0.5, 0.6) is 0 Å². The molecule has 2 rings (SSSR count). The van der Waals surface area contributed by atoms with Gasteiger partial charge in [-0.15, -0.1) is 0 Å². The predicted octanol–water partition coefficient (Wildman–Crippen LogP) is 3.05. The van der Waals surface area contributed by atoms with E-state index in [2.05, 4.69) is 32.7 Å². The predicted molar refractivity (Wildman–Crippen MR) is 81.7 cm³/mol. The first-order valence-corrected chi connectivity index (χ1v) is 7.35. The lowest BCUT2D eigenvalue weighted by atomic mass is 9.84. The molecule has 0 saturated carbocycles. The number of pyridine rings is 1. The van der Waals surface area contributed by atoms with Gasteiger partial charge in [0.15, 0.2) is 0 Å². The number of hydrogen-bond donors (Lipinski definition) is 1. The number of carbonyl (C=O) groups excluding carboxylic acids is 1. The average molecular weight is 275 g/mol. The van der Waals surface area contributed by atoms with Crippen LogP contribution in [0.4, 0.5) is 5.82 Å². The molecule has 0 spiro atoms. The van der Waals surface area contributed by atoms with Crippen LogP contribution < -0.4 is 5.73 Å². The molecule has 0 aromatic carbocycles. The molecule has 4 heteroatoms. The third-order valence-electron chi connectivity index (χ3n) is 3.89. The Bertz CT molecular complexity index is 508. The maximum Gasteiger partial charge on any atom is 0.254 e. The minimum atomic E-state index is 0.0776. The quantitative estimate of drug-likeness (QED) is 0.902. The molecule has 0 aliphatic carbocycles. The lowest BCUT2D eigenvalue weighted by Crippen LogP contribution is -2.43. The van der Waals surface area contributed by atoms with Crippen molar-refractivity contribution in [1.29, 1.82) is 0 Å². The van der Waals surface area contributed by atoms with E-state index in [-0.39, 0.29) is 17.2 Å². The first-order valence-electron chi connectivity index (χ1n) is 7.35. The lowest BCUT2D eigenvalue weighted by Gasteiger charge is -2.38. The van der Waals surface area contributed by atoms with Crippen molar-refractivity contribution in [3.05, 3.63) is 23.4 Å². The SMILES string of the molecule is CC(C)c1cc(C(=O)N2CCCC(C)(C)C2)cc(N)n1. The highest BCUT2D eigenvalue weighted by Crippen LogP contribution is 2.29. The molecule has 0 unspecified atom stereocenters. The summed E-state index contributed by atoms with van der Waals surface area (Å²) in [7, 11) is 0. The van der Waals surface area contributed by atoms with E-state index < -0.39 is 0 Å². The number of aromatic nitrogens is 1. The summed E-state index contributed by atoms with van der Waals surface area (Å²) in [5.74, 6) is 0.771. The lowest BCUT2D eigenvalue weighted by molar-refractivity contribution is 0.0583. The molecule has 4 nitrogen and oxygen atoms in total. The molecule has 2 N–H and O–H groups in total. The zero-order chi connectivity index (χ0) is 14.9. The Hall–Kier alpha value is -1.58. The minimum Gasteiger partial charge on any atom is -0.384 e. The summed E-state index contributed by atoms with van der Waals surface area (Å²) < 4.78 is 0. The second kappa shape index (κ2) is 5.43. The van der Waals surface area contributed by atoms with Gasteiger partial charge in [-0.3, -0.25) is 4.79 Å². The van der Waals surface area contributed by atoms with Crippen molar-refractivity contribution in [2.75, 3.05) is 18.8 Å². The van der Waals surface area contributed by atoms with E-state index in [0.717, 1.165) is 25.2 Å². The number of carbonyl (C=O) groups is 1. The highest BCUT2D eigenvalue weighted by Gasteiger charge is 2.29. The summed E-state index contributed by atoms with van der Waals surface area (Å²) in [6.45, 7) is 10.2. The Morgan fingerprint density at radius 3 is 2.70 bits per heavy atom. The van der Waals surface area contributed by atoms with E-state index in [1.165, 1.54) is 6.42 Å². The maximum absolute atomic E-state index is 12.7. The topological polar surface area (TPSA) is 59.2 Å². The summed E-state index contributed by atoms with van der Waals surface area (Å²) in [6.07, 6.45) is 2.24. The number of piperidine rings is 1. The smallest absolute Gasteiger partial charge is 0.254 e. The molecular weight excluding hydrogens is 250 g/mol. The maximum atomic E-state index is 12.7. The van der Waals surface area contributed by atoms with E-state index in [4.69, 9.17) is 5.73 Å². The van der Waals surface area contributed by atoms with Crippen LogP contribution in [-0.4, -0.2) is 28.9 Å². The van der Waals surface area contributed by atoms with E-state index in [9.17, 15) is 4.79 Å². The van der Waals surface area contributed by atoms with Crippen LogP contribution in [0.15, 0.2) is 12.1 Å². The fourth-order valence-corrected chi connectivity index (χ4v) is 2.77. The van der Waals surface area contributed by atoms with E-state index in [1.807, 2.05) is 11.0 Å². The van der Waals surface area contributed by atoms with Crippen LogP contribution >= 0.6 is 0 Å². The molecular formula is C16H25N3O. The Labute approximate surface area is 121 Å². The molecule has 0 radical (unpaired) electrons. The van der Waals surface area contributed by atoms with E-state index >= 15 is 0 Å². The van der Waals surface area contributed by atoms with Crippen LogP contribution in [-0.2, 0) is 0 Å². The van der Waals surface area contributed by atoms with Gasteiger partial charge in [0.2, 0.25) is 0 Å². The van der Waals surface area contributed by atoms with Gasteiger partial charge in [0.25, 0.3) is 5.91 Å². The molecule has 1 saturated heterocycles. The summed E-state index contributed by atoms with van der Waals surface area (Å²) in [5, 5.41) is 0. The molecule has 1 aromatic rings. The Morgan fingerprint density at radius 2 is 2.10 bits per heavy atom. The number of nitrogens with zero attached hydrogens (tertiary/aromatic N) is 2. The van der Waals surface area contributed by atoms with Crippen LogP contribution in [0.1, 0.15) is 62.5 Å². The third kappa shape index (κ3) is 3.30. The number of hydrogen-bond acceptors (Lipinski definition) is 3. The molecule has 1 amide bonds. The van der Waals surface area contributed by atoms with Crippen molar-refractivity contribution in [3.8, 4) is 0 Å². The van der Waals surface area contributed by atoms with Gasteiger partial charge in [-0.2, -0.15) is 0 Å². The molecule has 1 aromatic heterocycles. The average Bonchev–Trinajstić information content (AvgIpc) is 2.35. The molecule has 1 aliphatic rings. The zero-order valence-corrected chi connectivity index (χ0v) is 12.9. The van der Waals surface area contributed by atoms with Gasteiger partial charge in [0.05, 0.1) is 0 Å². The monoisotopic (exact) mass is 275 g/mol. The number of likely N-dealkylation sites (tertiary alicyclic amines) is 1. The molecule has 110 valence electrons. The van der Waals surface area contributed by atoms with Gasteiger partial charge in [0, 0.05) is 24.3 Å². The van der Waals surface area contributed by atoms with Crippen LogP contribution in [0, 0.1) is 5.41 Å². The second-order valence-corrected chi connectivity index (χ2v) is 6.85. The number of nitrogens with two attached hydrogens (primary N) is 1. The molecule has 1 aliphatic heterocycles. The molecule has 0 atom stereocenters. The number of anilines is 1. The van der Waals surface area contributed by atoms with Gasteiger partial charge in [0.1, 0.15) is 5.82 Å². The Morgan fingerprint density at radius 1 is 1.40 bits per heavy atom. The fourth-order valence-electron chi connectivity index (χ4n) is 2.77. The van der Waals surface area contributed by atoms with Crippen LogP contribution in [0.3, 0.4) is 0 Å². The van der Waals surface area contributed by atoms with Gasteiger partial charge in [-0.1, -0.05) is 27.7 Å². The minimum absolute atomic E-state index is 0.0776. The standard InChI is InChI=1S/C16H25N3O/c1-11(2)13-8-12(9-14(17)18-13)15(20)19-7-5-6-16(3,4)10-19/h8-9,11H,5-7,10H2,1-4H3,(H2,17,18). The first kappa shape index (κ1) is 14.8. The fraction of sp³-hybridized carbons (Fsp3) is 0.625. The number of amides is 1. The Kier molecular flexibility index (Phi) is 4.02. The zero-order valence-electron chi connectivity index (χ0n) is 12.9. The molecule has 1 fully saturated rings. The normalized spacial score (nSPS) is 18.4. The van der Waals surface area contributed by atoms with Crippen LogP contribution in [0.25, 0.3) is 0 Å². The highest BCUT2D eigenvalue weighted by molar-refractivity contribution is 5.95. The first-order chi connectivity index (χ1) is 9.28. The summed E-state index contributed by atoms with van der Waals surface area (Å²) in [5.41, 5.74) is 7.58. The van der Waals surface area contributed by atoms with Crippen molar-refractivity contribution in [2.45, 2.75) is 46.5 Å². The Balaban J connectivity index is 2.24. The summed E-state index contributed by atoms with van der Waals surface area (Å²) in [6, 6.07) is 3.57.